The fourth-order valence-electron chi connectivity index (χ4n) is 2.36. The fraction of sp³-hybridized carbons (Fsp3) is 0.429. The third-order valence-corrected chi connectivity index (χ3v) is 3.43. The van der Waals surface area contributed by atoms with Crippen molar-refractivity contribution in [1.82, 2.24) is 10.2 Å². The molecule has 20 heavy (non-hydrogen) atoms. The van der Waals surface area contributed by atoms with Crippen LogP contribution in [0.15, 0.2) is 18.2 Å². The number of benzene rings is 1. The highest BCUT2D eigenvalue weighted by Gasteiger charge is 2.37. The molecule has 0 bridgehead atoms. The third-order valence-electron chi connectivity index (χ3n) is 3.43. The van der Waals surface area contributed by atoms with Crippen molar-refractivity contribution in [2.24, 2.45) is 0 Å². The number of rotatable bonds is 3. The van der Waals surface area contributed by atoms with E-state index < -0.39 is 23.7 Å². The van der Waals surface area contributed by atoms with Crippen LogP contribution in [0.5, 0.6) is 0 Å². The predicted octanol–water partition coefficient (Wildman–Crippen LogP) is 1.59. The SMILES string of the molecule is CCC1C(=O)NC(C)C(=O)N1Cc1cc(F)ccc1F. The molecule has 0 aromatic heterocycles. The van der Waals surface area contributed by atoms with Gasteiger partial charge in [0.25, 0.3) is 0 Å². The average molecular weight is 282 g/mol. The van der Waals surface area contributed by atoms with E-state index in [4.69, 9.17) is 0 Å². The van der Waals surface area contributed by atoms with Gasteiger partial charge in [0.15, 0.2) is 0 Å². The number of halogens is 2. The van der Waals surface area contributed by atoms with Crippen LogP contribution in [0.3, 0.4) is 0 Å². The van der Waals surface area contributed by atoms with Gasteiger partial charge in [0.1, 0.15) is 23.7 Å². The number of nitrogens with zero attached hydrogens (tertiary/aromatic N) is 1. The summed E-state index contributed by atoms with van der Waals surface area (Å²) in [6.07, 6.45) is 0.418. The van der Waals surface area contributed by atoms with Crippen molar-refractivity contribution in [3.63, 3.8) is 0 Å². The van der Waals surface area contributed by atoms with E-state index >= 15 is 0 Å². The second kappa shape index (κ2) is 5.56. The van der Waals surface area contributed by atoms with Gasteiger partial charge < -0.3 is 10.2 Å². The summed E-state index contributed by atoms with van der Waals surface area (Å²) in [5, 5.41) is 2.57. The zero-order valence-corrected chi connectivity index (χ0v) is 11.3. The minimum atomic E-state index is -0.652. The molecule has 1 aliphatic heterocycles. The summed E-state index contributed by atoms with van der Waals surface area (Å²) in [5.41, 5.74) is 0.0682. The molecule has 1 aliphatic rings. The standard InChI is InChI=1S/C14H16F2N2O2/c1-3-12-13(19)17-8(2)14(20)18(12)7-9-6-10(15)4-5-11(9)16/h4-6,8,12H,3,7H2,1-2H3,(H,17,19). The summed E-state index contributed by atoms with van der Waals surface area (Å²) in [4.78, 5) is 25.3. The first-order valence-corrected chi connectivity index (χ1v) is 6.48. The first-order chi connectivity index (χ1) is 9.43. The highest BCUT2D eigenvalue weighted by atomic mass is 19.1. The number of carbonyl (C=O) groups is 2. The van der Waals surface area contributed by atoms with Crippen LogP contribution in [0.25, 0.3) is 0 Å². The van der Waals surface area contributed by atoms with Crippen molar-refractivity contribution in [2.75, 3.05) is 0 Å². The zero-order chi connectivity index (χ0) is 14.9. The molecule has 1 aromatic rings. The Kier molecular flexibility index (Phi) is 4.01. The molecule has 108 valence electrons. The predicted molar refractivity (Wildman–Crippen MR) is 68.6 cm³/mol. The van der Waals surface area contributed by atoms with Gasteiger partial charge in [-0.05, 0) is 31.5 Å². The number of carbonyl (C=O) groups excluding carboxylic acids is 2. The first kappa shape index (κ1) is 14.4. The van der Waals surface area contributed by atoms with Gasteiger partial charge in [-0.25, -0.2) is 8.78 Å². The number of hydrogen-bond donors (Lipinski definition) is 1. The van der Waals surface area contributed by atoms with Crippen LogP contribution in [0.2, 0.25) is 0 Å². The average Bonchev–Trinajstić information content (AvgIpc) is 2.40. The van der Waals surface area contributed by atoms with Gasteiger partial charge in [-0.2, -0.15) is 0 Å². The first-order valence-electron chi connectivity index (χ1n) is 6.48. The molecule has 2 unspecified atom stereocenters. The Morgan fingerprint density at radius 1 is 1.30 bits per heavy atom. The highest BCUT2D eigenvalue weighted by Crippen LogP contribution is 2.19. The quantitative estimate of drug-likeness (QED) is 0.915. The molecular weight excluding hydrogens is 266 g/mol. The Labute approximate surface area is 115 Å². The van der Waals surface area contributed by atoms with E-state index in [0.29, 0.717) is 6.42 Å². The monoisotopic (exact) mass is 282 g/mol. The molecule has 1 saturated heterocycles. The summed E-state index contributed by atoms with van der Waals surface area (Å²) in [7, 11) is 0. The van der Waals surface area contributed by atoms with E-state index in [1.54, 1.807) is 13.8 Å². The molecule has 2 amide bonds. The molecule has 2 atom stereocenters. The maximum atomic E-state index is 13.7. The van der Waals surface area contributed by atoms with Gasteiger partial charge in [-0.1, -0.05) is 6.92 Å². The Bertz CT molecular complexity index is 548. The Morgan fingerprint density at radius 3 is 2.65 bits per heavy atom. The van der Waals surface area contributed by atoms with Crippen LogP contribution in [0.4, 0.5) is 8.78 Å². The van der Waals surface area contributed by atoms with Crippen LogP contribution in [-0.4, -0.2) is 28.8 Å². The van der Waals surface area contributed by atoms with Gasteiger partial charge in [0.05, 0.1) is 0 Å². The van der Waals surface area contributed by atoms with Gasteiger partial charge in [0, 0.05) is 12.1 Å². The van der Waals surface area contributed by atoms with Gasteiger partial charge in [-0.3, -0.25) is 9.59 Å². The van der Waals surface area contributed by atoms with E-state index in [0.717, 1.165) is 18.2 Å². The Morgan fingerprint density at radius 2 is 2.00 bits per heavy atom. The van der Waals surface area contributed by atoms with E-state index in [9.17, 15) is 18.4 Å². The van der Waals surface area contributed by atoms with Gasteiger partial charge >= 0.3 is 0 Å². The largest absolute Gasteiger partial charge is 0.343 e. The molecule has 1 aromatic carbocycles. The van der Waals surface area contributed by atoms with Gasteiger partial charge in [0.2, 0.25) is 11.8 Å². The lowest BCUT2D eigenvalue weighted by Crippen LogP contribution is -2.61. The van der Waals surface area contributed by atoms with Crippen LogP contribution >= 0.6 is 0 Å². The minimum absolute atomic E-state index is 0.0682. The molecule has 1 fully saturated rings. The maximum absolute atomic E-state index is 13.7. The fourth-order valence-corrected chi connectivity index (χ4v) is 2.36. The number of piperazine rings is 1. The molecule has 0 aliphatic carbocycles. The molecule has 0 spiro atoms. The Hall–Kier alpha value is -1.98. The molecular formula is C14H16F2N2O2. The molecule has 0 saturated carbocycles. The van der Waals surface area contributed by atoms with Crippen LogP contribution < -0.4 is 5.32 Å². The molecule has 4 nitrogen and oxygen atoms in total. The normalized spacial score (nSPS) is 22.9. The highest BCUT2D eigenvalue weighted by molar-refractivity contribution is 5.96. The van der Waals surface area contributed by atoms with E-state index in [1.807, 2.05) is 0 Å². The molecule has 0 radical (unpaired) electrons. The summed E-state index contributed by atoms with van der Waals surface area (Å²) in [5.74, 6) is -1.72. The van der Waals surface area contributed by atoms with Gasteiger partial charge in [-0.15, -0.1) is 0 Å². The van der Waals surface area contributed by atoms with Crippen LogP contribution in [-0.2, 0) is 16.1 Å². The zero-order valence-electron chi connectivity index (χ0n) is 11.3. The summed E-state index contributed by atoms with van der Waals surface area (Å²) in [6, 6.07) is 1.78. The number of amides is 2. The summed E-state index contributed by atoms with van der Waals surface area (Å²) in [6.45, 7) is 3.22. The number of hydrogen-bond acceptors (Lipinski definition) is 2. The van der Waals surface area contributed by atoms with E-state index in [1.165, 1.54) is 4.90 Å². The lowest BCUT2D eigenvalue weighted by atomic mass is 10.0. The molecule has 6 heteroatoms. The lowest BCUT2D eigenvalue weighted by Gasteiger charge is -2.37. The van der Waals surface area contributed by atoms with Crippen molar-refractivity contribution in [2.45, 2.75) is 38.9 Å². The van der Waals surface area contributed by atoms with Crippen LogP contribution in [0.1, 0.15) is 25.8 Å². The molecule has 1 N–H and O–H groups in total. The van der Waals surface area contributed by atoms with Crippen molar-refractivity contribution < 1.29 is 18.4 Å². The second-order valence-corrected chi connectivity index (χ2v) is 4.86. The van der Waals surface area contributed by atoms with Crippen molar-refractivity contribution >= 4 is 11.8 Å². The maximum Gasteiger partial charge on any atom is 0.245 e. The summed E-state index contributed by atoms with van der Waals surface area (Å²) >= 11 is 0. The van der Waals surface area contributed by atoms with E-state index in [-0.39, 0.29) is 23.9 Å². The van der Waals surface area contributed by atoms with Crippen molar-refractivity contribution in [3.8, 4) is 0 Å². The second-order valence-electron chi connectivity index (χ2n) is 4.86. The third kappa shape index (κ3) is 2.64. The molecule has 2 rings (SSSR count). The lowest BCUT2D eigenvalue weighted by molar-refractivity contribution is -0.149. The van der Waals surface area contributed by atoms with E-state index in [2.05, 4.69) is 5.32 Å². The smallest absolute Gasteiger partial charge is 0.245 e. The minimum Gasteiger partial charge on any atom is -0.343 e. The topological polar surface area (TPSA) is 49.4 Å². The molecule has 1 heterocycles. The Balaban J connectivity index is 2.30. The van der Waals surface area contributed by atoms with Crippen molar-refractivity contribution in [3.05, 3.63) is 35.4 Å². The summed E-state index contributed by atoms with van der Waals surface area (Å²) < 4.78 is 26.9. The van der Waals surface area contributed by atoms with Crippen molar-refractivity contribution in [1.29, 1.82) is 0 Å². The van der Waals surface area contributed by atoms with Crippen LogP contribution in [0, 0.1) is 11.6 Å². The number of nitrogens with one attached hydrogen (secondary N) is 1.